The summed E-state index contributed by atoms with van der Waals surface area (Å²) in [4.78, 5) is 15.7. The van der Waals surface area contributed by atoms with Gasteiger partial charge in [-0.3, -0.25) is 4.79 Å². The van der Waals surface area contributed by atoms with Gasteiger partial charge in [0.25, 0.3) is 5.91 Å². The van der Waals surface area contributed by atoms with Crippen molar-refractivity contribution in [1.82, 2.24) is 14.7 Å². The highest BCUT2D eigenvalue weighted by Gasteiger charge is 2.36. The summed E-state index contributed by atoms with van der Waals surface area (Å²) in [7, 11) is 3.30. The lowest BCUT2D eigenvalue weighted by atomic mass is 10.0. The zero-order valence-corrected chi connectivity index (χ0v) is 18.0. The molecule has 0 N–H and O–H groups in total. The largest absolute Gasteiger partial charge is 0.497 e. The Labute approximate surface area is 182 Å². The number of aromatic nitrogens is 2. The zero-order chi connectivity index (χ0) is 21.4. The number of carbonyl (C=O) groups is 1. The van der Waals surface area contributed by atoms with E-state index < -0.39 is 0 Å². The lowest BCUT2D eigenvalue weighted by molar-refractivity contribution is 0.0726. The Bertz CT molecular complexity index is 1110. The Morgan fingerprint density at radius 3 is 2.65 bits per heavy atom. The maximum absolute atomic E-state index is 13.7. The van der Waals surface area contributed by atoms with E-state index in [0.29, 0.717) is 5.69 Å². The number of carbonyl (C=O) groups excluding carboxylic acids is 1. The topological polar surface area (TPSA) is 56.6 Å². The molecule has 2 aromatic carbocycles. The number of hydrogen-bond donors (Lipinski definition) is 0. The van der Waals surface area contributed by atoms with Crippen LogP contribution in [0.4, 0.5) is 0 Å². The molecule has 1 atom stereocenters. The predicted molar refractivity (Wildman–Crippen MR) is 118 cm³/mol. The minimum atomic E-state index is -0.0210. The first-order valence-electron chi connectivity index (χ1n) is 10.9. The van der Waals surface area contributed by atoms with Crippen molar-refractivity contribution in [2.45, 2.75) is 38.1 Å². The van der Waals surface area contributed by atoms with Crippen molar-refractivity contribution in [1.29, 1.82) is 0 Å². The van der Waals surface area contributed by atoms with Crippen LogP contribution in [0.2, 0.25) is 0 Å². The average Bonchev–Trinajstić information content (AvgIpc) is 3.55. The van der Waals surface area contributed by atoms with Crippen LogP contribution in [-0.2, 0) is 12.8 Å². The van der Waals surface area contributed by atoms with Crippen LogP contribution in [0.1, 0.15) is 52.6 Å². The number of rotatable bonds is 5. The maximum Gasteiger partial charge on any atom is 0.275 e. The van der Waals surface area contributed by atoms with Gasteiger partial charge in [-0.2, -0.15) is 5.10 Å². The zero-order valence-electron chi connectivity index (χ0n) is 18.0. The molecule has 1 aromatic heterocycles. The summed E-state index contributed by atoms with van der Waals surface area (Å²) in [5, 5.41) is 4.82. The summed E-state index contributed by atoms with van der Waals surface area (Å²) < 4.78 is 12.9. The molecule has 2 heterocycles. The minimum Gasteiger partial charge on any atom is -0.497 e. The van der Waals surface area contributed by atoms with Gasteiger partial charge in [0, 0.05) is 29.4 Å². The second kappa shape index (κ2) is 8.10. The maximum atomic E-state index is 13.7. The molecule has 6 heteroatoms. The van der Waals surface area contributed by atoms with Gasteiger partial charge in [-0.25, -0.2) is 4.68 Å². The van der Waals surface area contributed by atoms with Gasteiger partial charge in [0.2, 0.25) is 0 Å². The predicted octanol–water partition coefficient (Wildman–Crippen LogP) is 4.36. The molecule has 5 rings (SSSR count). The fraction of sp³-hybridized carbons (Fsp3) is 0.360. The van der Waals surface area contributed by atoms with E-state index in [-0.39, 0.29) is 11.9 Å². The van der Waals surface area contributed by atoms with Crippen molar-refractivity contribution in [3.8, 4) is 17.2 Å². The van der Waals surface area contributed by atoms with Gasteiger partial charge < -0.3 is 14.4 Å². The van der Waals surface area contributed by atoms with Crippen LogP contribution in [0, 0.1) is 0 Å². The molecule has 0 spiro atoms. The van der Waals surface area contributed by atoms with Gasteiger partial charge in [-0.15, -0.1) is 0 Å². The lowest BCUT2D eigenvalue weighted by Crippen LogP contribution is -2.31. The van der Waals surface area contributed by atoms with E-state index in [2.05, 4.69) is 0 Å². The summed E-state index contributed by atoms with van der Waals surface area (Å²) in [6, 6.07) is 15.9. The first-order chi connectivity index (χ1) is 15.2. The molecule has 1 aliphatic heterocycles. The number of amides is 1. The SMILES string of the molecule is COc1ccc(C2CCCN2C(=O)c2nn(-c3ccccc3)c3c2CCC3)c(OC)c1. The molecule has 0 radical (unpaired) electrons. The van der Waals surface area contributed by atoms with E-state index in [9.17, 15) is 4.79 Å². The molecule has 0 bridgehead atoms. The monoisotopic (exact) mass is 417 g/mol. The normalized spacial score (nSPS) is 17.6. The number of para-hydroxylation sites is 1. The second-order valence-electron chi connectivity index (χ2n) is 8.14. The third-order valence-corrected chi connectivity index (χ3v) is 6.45. The summed E-state index contributed by atoms with van der Waals surface area (Å²) in [6.07, 6.45) is 4.81. The first kappa shape index (κ1) is 19.7. The van der Waals surface area contributed by atoms with Crippen LogP contribution >= 0.6 is 0 Å². The van der Waals surface area contributed by atoms with E-state index in [0.717, 1.165) is 67.0 Å². The van der Waals surface area contributed by atoms with Gasteiger partial charge in [0.1, 0.15) is 11.5 Å². The highest BCUT2D eigenvalue weighted by atomic mass is 16.5. The van der Waals surface area contributed by atoms with Crippen molar-refractivity contribution in [3.05, 3.63) is 71.0 Å². The Morgan fingerprint density at radius 2 is 1.87 bits per heavy atom. The number of methoxy groups -OCH3 is 2. The molecule has 1 aliphatic carbocycles. The molecule has 160 valence electrons. The highest BCUT2D eigenvalue weighted by Crippen LogP contribution is 2.40. The van der Waals surface area contributed by atoms with Crippen LogP contribution in [0.5, 0.6) is 11.5 Å². The number of hydrogen-bond acceptors (Lipinski definition) is 4. The second-order valence-corrected chi connectivity index (χ2v) is 8.14. The van der Waals surface area contributed by atoms with E-state index in [4.69, 9.17) is 14.6 Å². The standard InChI is InChI=1S/C25H27N3O3/c1-30-18-13-14-19(23(16-18)31-2)21-12-7-15-27(21)25(29)24-20-10-6-11-22(20)28(26-24)17-8-4-3-5-9-17/h3-5,8-9,13-14,16,21H,6-7,10-12,15H2,1-2H3. The molecular formula is C25H27N3O3. The van der Waals surface area contributed by atoms with Gasteiger partial charge in [0.05, 0.1) is 25.9 Å². The highest BCUT2D eigenvalue weighted by molar-refractivity contribution is 5.95. The Kier molecular flexibility index (Phi) is 5.14. The van der Waals surface area contributed by atoms with Gasteiger partial charge >= 0.3 is 0 Å². The first-order valence-corrected chi connectivity index (χ1v) is 10.9. The van der Waals surface area contributed by atoms with Crippen LogP contribution in [-0.4, -0.2) is 41.4 Å². The number of benzene rings is 2. The molecule has 0 saturated carbocycles. The van der Waals surface area contributed by atoms with Crippen molar-refractivity contribution in [2.24, 2.45) is 0 Å². The smallest absolute Gasteiger partial charge is 0.275 e. The van der Waals surface area contributed by atoms with E-state index in [1.807, 2.05) is 58.1 Å². The molecule has 31 heavy (non-hydrogen) atoms. The van der Waals surface area contributed by atoms with E-state index in [1.165, 1.54) is 5.69 Å². The molecule has 2 aliphatic rings. The molecule has 3 aromatic rings. The van der Waals surface area contributed by atoms with E-state index >= 15 is 0 Å². The summed E-state index contributed by atoms with van der Waals surface area (Å²) in [5.41, 5.74) is 4.92. The van der Waals surface area contributed by atoms with Crippen LogP contribution in [0.25, 0.3) is 5.69 Å². The minimum absolute atomic E-state index is 0.0210. The van der Waals surface area contributed by atoms with Crippen LogP contribution in [0.3, 0.4) is 0 Å². The fourth-order valence-corrected chi connectivity index (χ4v) is 4.95. The molecule has 1 saturated heterocycles. The molecule has 1 unspecified atom stereocenters. The van der Waals surface area contributed by atoms with Crippen molar-refractivity contribution >= 4 is 5.91 Å². The van der Waals surface area contributed by atoms with Crippen molar-refractivity contribution in [3.63, 3.8) is 0 Å². The quantitative estimate of drug-likeness (QED) is 0.619. The third kappa shape index (κ3) is 3.36. The van der Waals surface area contributed by atoms with Crippen molar-refractivity contribution < 1.29 is 14.3 Å². The molecule has 1 amide bonds. The molecule has 6 nitrogen and oxygen atoms in total. The summed E-state index contributed by atoms with van der Waals surface area (Å²) in [6.45, 7) is 0.728. The lowest BCUT2D eigenvalue weighted by Gasteiger charge is -2.26. The van der Waals surface area contributed by atoms with Gasteiger partial charge in [-0.05, 0) is 56.4 Å². The molecular weight excluding hydrogens is 390 g/mol. The average molecular weight is 418 g/mol. The fourth-order valence-electron chi connectivity index (χ4n) is 4.95. The summed E-state index contributed by atoms with van der Waals surface area (Å²) >= 11 is 0. The summed E-state index contributed by atoms with van der Waals surface area (Å²) in [5.74, 6) is 1.52. The van der Waals surface area contributed by atoms with Crippen molar-refractivity contribution in [2.75, 3.05) is 20.8 Å². The Hall–Kier alpha value is -3.28. The van der Waals surface area contributed by atoms with E-state index in [1.54, 1.807) is 14.2 Å². The van der Waals surface area contributed by atoms with Gasteiger partial charge in [-0.1, -0.05) is 18.2 Å². The Morgan fingerprint density at radius 1 is 1.03 bits per heavy atom. The van der Waals surface area contributed by atoms with Gasteiger partial charge in [0.15, 0.2) is 5.69 Å². The van der Waals surface area contributed by atoms with Crippen LogP contribution < -0.4 is 9.47 Å². The Balaban J connectivity index is 1.51. The van der Waals surface area contributed by atoms with Crippen LogP contribution in [0.15, 0.2) is 48.5 Å². The molecule has 1 fully saturated rings. The number of likely N-dealkylation sites (tertiary alicyclic amines) is 1. The number of fused-ring (bicyclic) bond motifs is 1. The third-order valence-electron chi connectivity index (χ3n) is 6.45. The number of nitrogens with zero attached hydrogens (tertiary/aromatic N) is 3. The number of ether oxygens (including phenoxy) is 2.